The van der Waals surface area contributed by atoms with Gasteiger partial charge in [0.15, 0.2) is 0 Å². The third kappa shape index (κ3) is 5.78. The minimum atomic E-state index is -3.18. The summed E-state index contributed by atoms with van der Waals surface area (Å²) in [5.41, 5.74) is 0. The standard InChI is InChI=1S/C6H4F.C4H7F2.2C4H9.Sn/c7-6-4-2-1-3-5-6;1-4(6)2-3-5;2*1-3-4-2;/h1-4H;4H,1-3H2;2*1,3-4H2,2H3;. The van der Waals surface area contributed by atoms with Crippen molar-refractivity contribution in [3.05, 3.63) is 30.1 Å². The summed E-state index contributed by atoms with van der Waals surface area (Å²) in [6, 6.07) is 6.94. The molecule has 0 fully saturated rings. The number of hydrogen-bond donors (Lipinski definition) is 0. The van der Waals surface area contributed by atoms with Gasteiger partial charge in [-0.25, -0.2) is 0 Å². The van der Waals surface area contributed by atoms with Crippen molar-refractivity contribution in [1.82, 2.24) is 0 Å². The summed E-state index contributed by atoms with van der Waals surface area (Å²) >= 11 is -3.18. The van der Waals surface area contributed by atoms with Crippen molar-refractivity contribution in [1.29, 1.82) is 0 Å². The molecule has 0 aromatic heterocycles. The number of hydrogen-bond acceptors (Lipinski definition) is 0. The number of unbranched alkanes of at least 4 members (excludes halogenated alkanes) is 2. The Morgan fingerprint density at radius 2 is 1.64 bits per heavy atom. The van der Waals surface area contributed by atoms with Crippen LogP contribution in [-0.4, -0.2) is 31.2 Å². The van der Waals surface area contributed by atoms with Crippen LogP contribution >= 0.6 is 0 Å². The molecule has 0 saturated carbocycles. The Hall–Kier alpha value is -0.191. The third-order valence-electron chi connectivity index (χ3n) is 4.50. The third-order valence-corrected chi connectivity index (χ3v) is 19.9. The molecule has 0 bridgehead atoms. The average molecular weight is 421 g/mol. The maximum atomic E-state index is 14.4. The first-order chi connectivity index (χ1) is 10.6. The van der Waals surface area contributed by atoms with Crippen molar-refractivity contribution in [2.45, 2.75) is 65.4 Å². The molecule has 1 aromatic rings. The van der Waals surface area contributed by atoms with Crippen LogP contribution in [-0.2, 0) is 0 Å². The molecule has 0 N–H and O–H groups in total. The van der Waals surface area contributed by atoms with Crippen LogP contribution in [0.25, 0.3) is 0 Å². The van der Waals surface area contributed by atoms with Crippen molar-refractivity contribution in [2.75, 3.05) is 6.67 Å². The van der Waals surface area contributed by atoms with Gasteiger partial charge in [0.25, 0.3) is 0 Å². The van der Waals surface area contributed by atoms with Gasteiger partial charge in [-0.1, -0.05) is 0 Å². The monoisotopic (exact) mass is 422 g/mol. The molecule has 4 heteroatoms. The van der Waals surface area contributed by atoms with E-state index in [0.29, 0.717) is 4.44 Å². The fourth-order valence-corrected chi connectivity index (χ4v) is 19.2. The molecule has 1 atom stereocenters. The molecule has 0 saturated heterocycles. The second kappa shape index (κ2) is 10.6. The summed E-state index contributed by atoms with van der Waals surface area (Å²) in [6.07, 6.45) is 2.98. The Labute approximate surface area is 137 Å². The molecular weight excluding hydrogens is 392 g/mol. The summed E-state index contributed by atoms with van der Waals surface area (Å²) in [5, 5.41) is 0. The topological polar surface area (TPSA) is 0 Å². The molecule has 22 heavy (non-hydrogen) atoms. The van der Waals surface area contributed by atoms with Gasteiger partial charge in [0.05, 0.1) is 0 Å². The molecule has 0 spiro atoms. The Kier molecular flexibility index (Phi) is 9.53. The van der Waals surface area contributed by atoms with E-state index in [0.717, 1.165) is 38.1 Å². The fraction of sp³-hybridized carbons (Fsp3) is 0.667. The first-order valence-corrected chi connectivity index (χ1v) is 16.0. The van der Waals surface area contributed by atoms with E-state index in [2.05, 4.69) is 13.8 Å². The van der Waals surface area contributed by atoms with Gasteiger partial charge in [0.1, 0.15) is 0 Å². The van der Waals surface area contributed by atoms with E-state index < -0.39 is 31.2 Å². The fourth-order valence-electron chi connectivity index (χ4n) is 3.27. The van der Waals surface area contributed by atoms with Gasteiger partial charge < -0.3 is 0 Å². The van der Waals surface area contributed by atoms with Crippen molar-refractivity contribution >= 4 is 22.0 Å². The number of alkyl halides is 2. The first-order valence-electron chi connectivity index (χ1n) is 8.54. The Bertz CT molecular complexity index is 415. The van der Waals surface area contributed by atoms with Gasteiger partial charge in [-0.05, 0) is 0 Å². The average Bonchev–Trinajstić information content (AvgIpc) is 2.51. The van der Waals surface area contributed by atoms with E-state index in [4.69, 9.17) is 0 Å². The molecule has 0 aliphatic rings. The van der Waals surface area contributed by atoms with Crippen LogP contribution in [0.4, 0.5) is 13.2 Å². The van der Waals surface area contributed by atoms with Crippen LogP contribution in [0.5, 0.6) is 0 Å². The van der Waals surface area contributed by atoms with E-state index >= 15 is 0 Å². The molecule has 0 aliphatic carbocycles. The van der Waals surface area contributed by atoms with E-state index in [1.165, 1.54) is 6.07 Å². The SMILES string of the molecule is CCC[CH2][Sn]([CH2]CCC)([CH2]C(F)CCF)[c]1ccccc1F. The van der Waals surface area contributed by atoms with Crippen molar-refractivity contribution < 1.29 is 13.2 Å². The number of benzene rings is 1. The number of rotatable bonds is 11. The van der Waals surface area contributed by atoms with Crippen LogP contribution in [0.2, 0.25) is 13.3 Å². The van der Waals surface area contributed by atoms with Crippen LogP contribution in [0.1, 0.15) is 46.0 Å². The van der Waals surface area contributed by atoms with Crippen LogP contribution in [0.15, 0.2) is 24.3 Å². The van der Waals surface area contributed by atoms with Crippen molar-refractivity contribution in [2.24, 2.45) is 0 Å². The Morgan fingerprint density at radius 3 is 2.14 bits per heavy atom. The van der Waals surface area contributed by atoms with E-state index in [1.54, 1.807) is 6.07 Å². The predicted molar refractivity (Wildman–Crippen MR) is 91.5 cm³/mol. The zero-order chi connectivity index (χ0) is 16.4. The molecular formula is C18H29F3Sn. The molecule has 1 aromatic carbocycles. The van der Waals surface area contributed by atoms with Gasteiger partial charge in [-0.15, -0.1) is 0 Å². The van der Waals surface area contributed by atoms with E-state index in [9.17, 15) is 13.2 Å². The van der Waals surface area contributed by atoms with Gasteiger partial charge in [-0.2, -0.15) is 0 Å². The van der Waals surface area contributed by atoms with Gasteiger partial charge in [0.2, 0.25) is 0 Å². The summed E-state index contributed by atoms with van der Waals surface area (Å²) in [4.78, 5) is 0. The van der Waals surface area contributed by atoms with Crippen molar-refractivity contribution in [3.63, 3.8) is 0 Å². The molecule has 1 unspecified atom stereocenters. The predicted octanol–water partition coefficient (Wildman–Crippen LogP) is 5.78. The maximum absolute atomic E-state index is 14.4. The number of halogens is 3. The quantitative estimate of drug-likeness (QED) is 0.398. The van der Waals surface area contributed by atoms with Crippen LogP contribution in [0.3, 0.4) is 0 Å². The van der Waals surface area contributed by atoms with Crippen molar-refractivity contribution in [3.8, 4) is 0 Å². The molecule has 0 amide bonds. The molecule has 0 nitrogen and oxygen atoms in total. The zero-order valence-electron chi connectivity index (χ0n) is 13.9. The van der Waals surface area contributed by atoms with Crippen LogP contribution in [0, 0.1) is 5.82 Å². The molecule has 0 heterocycles. The van der Waals surface area contributed by atoms with E-state index in [1.807, 2.05) is 12.1 Å². The molecule has 0 radical (unpaired) electrons. The molecule has 0 aliphatic heterocycles. The summed E-state index contributed by atoms with van der Waals surface area (Å²) in [7, 11) is 0. The van der Waals surface area contributed by atoms with Crippen LogP contribution < -0.4 is 3.58 Å². The Morgan fingerprint density at radius 1 is 1.05 bits per heavy atom. The molecule has 1 rings (SSSR count). The minimum absolute atomic E-state index is 0.0363. The first kappa shape index (κ1) is 19.9. The van der Waals surface area contributed by atoms with Gasteiger partial charge >= 0.3 is 137 Å². The van der Waals surface area contributed by atoms with E-state index in [-0.39, 0.29) is 12.2 Å². The molecule has 126 valence electrons. The second-order valence-corrected chi connectivity index (χ2v) is 19.1. The summed E-state index contributed by atoms with van der Waals surface area (Å²) in [6.45, 7) is 3.61. The normalized spacial score (nSPS) is 13.3. The van der Waals surface area contributed by atoms with Gasteiger partial charge in [0, 0.05) is 0 Å². The zero-order valence-corrected chi connectivity index (χ0v) is 16.7. The summed E-state index contributed by atoms with van der Waals surface area (Å²) in [5.74, 6) is -0.169. The summed E-state index contributed by atoms with van der Waals surface area (Å²) < 4.78 is 44.4. The van der Waals surface area contributed by atoms with Gasteiger partial charge in [-0.3, -0.25) is 0 Å². The second-order valence-electron chi connectivity index (χ2n) is 6.25. The Balaban J connectivity index is 3.14.